The van der Waals surface area contributed by atoms with E-state index >= 15 is 4.39 Å². The molecule has 1 unspecified atom stereocenters. The summed E-state index contributed by atoms with van der Waals surface area (Å²) in [7, 11) is 0. The fourth-order valence-corrected chi connectivity index (χ4v) is 3.68. The van der Waals surface area contributed by atoms with Crippen molar-refractivity contribution in [3.63, 3.8) is 0 Å². The van der Waals surface area contributed by atoms with Gasteiger partial charge in [0.25, 0.3) is 12.3 Å². The molecule has 0 bridgehead atoms. The third-order valence-corrected chi connectivity index (χ3v) is 5.07. The molecule has 0 radical (unpaired) electrons. The second kappa shape index (κ2) is 6.20. The fourth-order valence-electron chi connectivity index (χ4n) is 3.68. The summed E-state index contributed by atoms with van der Waals surface area (Å²) < 4.78 is 35.1. The van der Waals surface area contributed by atoms with Crippen molar-refractivity contribution in [1.82, 2.24) is 29.8 Å². The highest BCUT2D eigenvalue weighted by Crippen LogP contribution is 2.45. The maximum atomic E-state index is 15.0. The number of rotatable bonds is 2. The minimum atomic E-state index is -1.72. The molecule has 2 aromatic heterocycles. The van der Waals surface area contributed by atoms with Gasteiger partial charge >= 0.3 is 0 Å². The maximum Gasteiger partial charge on any atom is 0.267 e. The van der Waals surface area contributed by atoms with Gasteiger partial charge in [0, 0.05) is 11.1 Å². The number of para-hydroxylation sites is 1. The first-order valence-corrected chi connectivity index (χ1v) is 9.14. The molecule has 1 atom stereocenters. The van der Waals surface area contributed by atoms with Crippen molar-refractivity contribution >= 4 is 11.5 Å². The minimum Gasteiger partial charge on any atom is -0.333 e. The predicted molar refractivity (Wildman–Crippen MR) is 103 cm³/mol. The molecule has 0 saturated carbocycles. The highest BCUT2D eigenvalue weighted by Gasteiger charge is 2.42. The summed E-state index contributed by atoms with van der Waals surface area (Å²) in [5.74, 6) is 0.908. The number of benzene rings is 2. The van der Waals surface area contributed by atoms with Crippen molar-refractivity contribution in [2.24, 2.45) is 0 Å². The molecule has 0 saturated heterocycles. The van der Waals surface area contributed by atoms with Crippen LogP contribution in [-0.2, 0) is 0 Å². The second-order valence-corrected chi connectivity index (χ2v) is 6.81. The molecule has 2 aliphatic heterocycles. The molecule has 2 aliphatic rings. The second-order valence-electron chi connectivity index (χ2n) is 6.81. The van der Waals surface area contributed by atoms with Crippen LogP contribution in [0.15, 0.2) is 59.3 Å². The molecule has 0 N–H and O–H groups in total. The average molecular weight is 416 g/mol. The van der Waals surface area contributed by atoms with Crippen molar-refractivity contribution < 1.29 is 13.3 Å². The van der Waals surface area contributed by atoms with Gasteiger partial charge in [0.05, 0.1) is 11.9 Å². The maximum absolute atomic E-state index is 15.0. The number of aromatic nitrogens is 5. The number of hydrogen-bond donors (Lipinski definition) is 0. The number of halogens is 2. The highest BCUT2D eigenvalue weighted by molar-refractivity contribution is 5.90. The number of alkyl halides is 1. The lowest BCUT2D eigenvalue weighted by Gasteiger charge is -2.31. The summed E-state index contributed by atoms with van der Waals surface area (Å²) in [5, 5.41) is 21.8. The van der Waals surface area contributed by atoms with Gasteiger partial charge in [-0.15, -0.1) is 10.2 Å². The van der Waals surface area contributed by atoms with Crippen molar-refractivity contribution in [1.29, 1.82) is 5.26 Å². The molecular weight excluding hydrogens is 406 g/mol. The van der Waals surface area contributed by atoms with Gasteiger partial charge in [-0.05, 0) is 36.4 Å². The third kappa shape index (κ3) is 2.39. The molecule has 0 spiro atoms. The summed E-state index contributed by atoms with van der Waals surface area (Å²) in [6.45, 7) is 0. The molecule has 31 heavy (non-hydrogen) atoms. The summed E-state index contributed by atoms with van der Waals surface area (Å²) in [6, 6.07) is 12.7. The number of fused-ring (bicyclic) bond motifs is 6. The third-order valence-electron chi connectivity index (χ3n) is 5.07. The van der Waals surface area contributed by atoms with Gasteiger partial charge in [0.15, 0.2) is 12.0 Å². The van der Waals surface area contributed by atoms with E-state index < -0.39 is 6.42 Å². The van der Waals surface area contributed by atoms with E-state index in [2.05, 4.69) is 20.3 Å². The van der Waals surface area contributed by atoms with Gasteiger partial charge in [-0.25, -0.2) is 9.29 Å². The SMILES string of the molecule is N#CN1C=C2N(c3ccccc3-c3nnc(-c4noc(-c5ccc(F)cc5)n4)n32)C1F. The quantitative estimate of drug-likeness (QED) is 0.362. The van der Waals surface area contributed by atoms with E-state index in [-0.39, 0.29) is 23.4 Å². The fraction of sp³-hybridized carbons (Fsp3) is 0.0500. The lowest BCUT2D eigenvalue weighted by atomic mass is 10.1. The first kappa shape index (κ1) is 17.3. The van der Waals surface area contributed by atoms with Crippen LogP contribution in [0, 0.1) is 17.3 Å². The molecule has 4 aromatic rings. The summed E-state index contributed by atoms with van der Waals surface area (Å²) in [5.41, 5.74) is 1.73. The average Bonchev–Trinajstić information content (AvgIpc) is 3.51. The molecule has 2 aromatic carbocycles. The van der Waals surface area contributed by atoms with Crippen molar-refractivity contribution in [3.05, 3.63) is 60.5 Å². The van der Waals surface area contributed by atoms with E-state index in [4.69, 9.17) is 4.52 Å². The number of hydrogen-bond acceptors (Lipinski definition) is 8. The first-order chi connectivity index (χ1) is 15.2. The Balaban J connectivity index is 1.52. The van der Waals surface area contributed by atoms with Gasteiger partial charge in [-0.1, -0.05) is 17.3 Å². The van der Waals surface area contributed by atoms with Gasteiger partial charge in [0.2, 0.25) is 11.6 Å². The van der Waals surface area contributed by atoms with Crippen LogP contribution in [0.5, 0.6) is 0 Å². The predicted octanol–water partition coefficient (Wildman–Crippen LogP) is 3.43. The van der Waals surface area contributed by atoms with E-state index in [0.717, 1.165) is 4.90 Å². The van der Waals surface area contributed by atoms with Crippen molar-refractivity contribution in [3.8, 4) is 40.7 Å². The lowest BCUT2D eigenvalue weighted by molar-refractivity contribution is 0.209. The molecule has 11 heteroatoms. The van der Waals surface area contributed by atoms with Gasteiger partial charge < -0.3 is 4.52 Å². The Morgan fingerprint density at radius 1 is 1.03 bits per heavy atom. The van der Waals surface area contributed by atoms with Gasteiger partial charge in [-0.3, -0.25) is 9.47 Å². The van der Waals surface area contributed by atoms with Crippen LogP contribution < -0.4 is 4.90 Å². The standard InChI is InChI=1S/C20H10F2N8O/c21-12-7-5-11(6-8-12)19-24-16(27-31-19)18-26-25-17-13-3-1-2-4-14(13)29-15(30(17)18)9-28(10-23)20(29)22/h1-9,20H. The summed E-state index contributed by atoms with van der Waals surface area (Å²) in [4.78, 5) is 6.62. The highest BCUT2D eigenvalue weighted by atomic mass is 19.1. The first-order valence-electron chi connectivity index (χ1n) is 9.14. The number of nitriles is 1. The Morgan fingerprint density at radius 2 is 1.81 bits per heavy atom. The Hall–Kier alpha value is -4.59. The topological polar surface area (TPSA) is 99.9 Å². The Bertz CT molecular complexity index is 1400. The van der Waals surface area contributed by atoms with E-state index in [0.29, 0.717) is 28.5 Å². The van der Waals surface area contributed by atoms with Gasteiger partial charge in [0.1, 0.15) is 11.6 Å². The molecule has 0 fully saturated rings. The van der Waals surface area contributed by atoms with Crippen LogP contribution in [0.4, 0.5) is 14.5 Å². The van der Waals surface area contributed by atoms with Crippen LogP contribution in [0.3, 0.4) is 0 Å². The molecule has 4 heterocycles. The molecule has 0 amide bonds. The lowest BCUT2D eigenvalue weighted by Crippen LogP contribution is -2.36. The van der Waals surface area contributed by atoms with Crippen LogP contribution in [0.25, 0.3) is 40.3 Å². The zero-order valence-electron chi connectivity index (χ0n) is 15.5. The molecule has 150 valence electrons. The van der Waals surface area contributed by atoms with Crippen LogP contribution in [-0.4, -0.2) is 36.2 Å². The van der Waals surface area contributed by atoms with Crippen LogP contribution in [0.1, 0.15) is 0 Å². The van der Waals surface area contributed by atoms with Crippen LogP contribution >= 0.6 is 0 Å². The van der Waals surface area contributed by atoms with Crippen molar-refractivity contribution in [2.75, 3.05) is 4.90 Å². The Kier molecular flexibility index (Phi) is 3.46. The van der Waals surface area contributed by atoms with E-state index in [1.807, 2.05) is 6.19 Å². The normalized spacial score (nSPS) is 16.4. The molecule has 9 nitrogen and oxygen atoms in total. The Morgan fingerprint density at radius 3 is 2.61 bits per heavy atom. The van der Waals surface area contributed by atoms with Crippen LogP contribution in [0.2, 0.25) is 0 Å². The minimum absolute atomic E-state index is 0.115. The summed E-state index contributed by atoms with van der Waals surface area (Å²) in [6.07, 6.45) is 1.47. The zero-order chi connectivity index (χ0) is 21.1. The Labute approximate surface area is 173 Å². The molecular formula is C20H10F2N8O. The number of anilines is 1. The van der Waals surface area contributed by atoms with E-state index in [1.54, 1.807) is 28.8 Å². The van der Waals surface area contributed by atoms with Gasteiger partial charge in [-0.2, -0.15) is 14.6 Å². The molecule has 0 aliphatic carbocycles. The monoisotopic (exact) mass is 416 g/mol. The zero-order valence-corrected chi connectivity index (χ0v) is 15.5. The van der Waals surface area contributed by atoms with Crippen molar-refractivity contribution in [2.45, 2.75) is 6.42 Å². The largest absolute Gasteiger partial charge is 0.333 e. The molecule has 6 rings (SSSR count). The van der Waals surface area contributed by atoms with E-state index in [1.165, 1.54) is 35.4 Å². The van der Waals surface area contributed by atoms with E-state index in [9.17, 15) is 9.65 Å². The smallest absolute Gasteiger partial charge is 0.267 e. The summed E-state index contributed by atoms with van der Waals surface area (Å²) >= 11 is 0. The number of nitrogens with zero attached hydrogens (tertiary/aromatic N) is 8.